The number of hydrogen-bond acceptors (Lipinski definition) is 12. The van der Waals surface area contributed by atoms with E-state index < -0.39 is 35.2 Å². The van der Waals surface area contributed by atoms with Gasteiger partial charge in [0.1, 0.15) is 17.1 Å². The Hall–Kier alpha value is -3.37. The molecule has 0 saturated carbocycles. The molecule has 0 spiro atoms. The third-order valence-corrected chi connectivity index (χ3v) is 8.39. The van der Waals surface area contributed by atoms with Crippen LogP contribution in [0.4, 0.5) is 5.13 Å². The van der Waals surface area contributed by atoms with Crippen molar-refractivity contribution in [2.75, 3.05) is 31.1 Å². The summed E-state index contributed by atoms with van der Waals surface area (Å²) in [5, 5.41) is 17.7. The highest BCUT2D eigenvalue weighted by molar-refractivity contribution is 8.00. The first-order valence-electron chi connectivity index (χ1n) is 11.2. The van der Waals surface area contributed by atoms with Gasteiger partial charge in [-0.25, -0.2) is 9.78 Å². The topological polar surface area (TPSA) is 200 Å². The molecule has 190 valence electrons. The Balaban J connectivity index is 1.33. The molecule has 4 atom stereocenters. The maximum atomic E-state index is 12.9. The number of nitrogens with one attached hydrogen (secondary N) is 2. The average Bonchev–Trinajstić information content (AvgIpc) is 3.60. The quantitative estimate of drug-likeness (QED) is 0.194. The van der Waals surface area contributed by atoms with Gasteiger partial charge in [0.05, 0.1) is 0 Å². The van der Waals surface area contributed by atoms with E-state index in [1.807, 2.05) is 4.90 Å². The fourth-order valence-corrected chi connectivity index (χ4v) is 6.56. The summed E-state index contributed by atoms with van der Waals surface area (Å²) in [4.78, 5) is 68.5. The van der Waals surface area contributed by atoms with E-state index in [1.165, 1.54) is 11.8 Å². The molecule has 0 radical (unpaired) electrons. The Labute approximate surface area is 212 Å². The number of carbonyl (C=O) groups excluding carboxylic acids is 3. The van der Waals surface area contributed by atoms with Gasteiger partial charge in [-0.3, -0.25) is 19.3 Å². The highest BCUT2D eigenvalue weighted by atomic mass is 32.2. The normalized spacial score (nSPS) is 27.8. The molecule has 36 heavy (non-hydrogen) atoms. The number of thioether (sulfide) groups is 1. The van der Waals surface area contributed by atoms with Crippen molar-refractivity contribution in [1.82, 2.24) is 29.8 Å². The Morgan fingerprint density at radius 3 is 2.81 bits per heavy atom. The molecule has 1 aromatic rings. The van der Waals surface area contributed by atoms with Crippen molar-refractivity contribution < 1.29 is 24.3 Å². The van der Waals surface area contributed by atoms with Gasteiger partial charge in [0, 0.05) is 42.0 Å². The summed E-state index contributed by atoms with van der Waals surface area (Å²) >= 11 is 2.06. The number of allylic oxidation sites excluding steroid dienone is 1. The first kappa shape index (κ1) is 24.3. The summed E-state index contributed by atoms with van der Waals surface area (Å²) in [6.45, 7) is 2.17. The van der Waals surface area contributed by atoms with E-state index in [1.54, 1.807) is 6.08 Å². The van der Waals surface area contributed by atoms with Crippen LogP contribution in [0.3, 0.4) is 0 Å². The summed E-state index contributed by atoms with van der Waals surface area (Å²) in [7, 11) is 0. The lowest BCUT2D eigenvalue weighted by Gasteiger charge is -2.49. The number of carboxylic acids is 1. The minimum Gasteiger partial charge on any atom is -0.477 e. The average molecular weight is 535 g/mol. The van der Waals surface area contributed by atoms with Gasteiger partial charge < -0.3 is 26.4 Å². The molecule has 14 nitrogen and oxygen atoms in total. The summed E-state index contributed by atoms with van der Waals surface area (Å²) in [5.74, 6) is -2.88. The molecule has 3 fully saturated rings. The second kappa shape index (κ2) is 9.59. The number of likely N-dealkylation sites (tertiary alicyclic amines) is 1. The second-order valence-corrected chi connectivity index (χ2v) is 10.5. The van der Waals surface area contributed by atoms with Crippen LogP contribution in [0.5, 0.6) is 0 Å². The molecular weight excluding hydrogens is 512 g/mol. The van der Waals surface area contributed by atoms with Crippen molar-refractivity contribution in [3.05, 3.63) is 33.7 Å². The third-order valence-electron chi connectivity index (χ3n) is 6.54. The van der Waals surface area contributed by atoms with Crippen LogP contribution < -0.4 is 16.4 Å². The zero-order valence-corrected chi connectivity index (χ0v) is 20.4. The molecule has 0 aliphatic carbocycles. The number of aromatic nitrogens is 2. The number of nitroso groups, excluding NO2 is 1. The van der Waals surface area contributed by atoms with Crippen LogP contribution in [0.15, 0.2) is 28.1 Å². The van der Waals surface area contributed by atoms with Crippen molar-refractivity contribution in [3.63, 3.8) is 0 Å². The van der Waals surface area contributed by atoms with Gasteiger partial charge in [-0.2, -0.15) is 4.37 Å². The monoisotopic (exact) mass is 534 g/mol. The molecule has 3 amide bonds. The molecule has 4 aliphatic rings. The number of carbonyl (C=O) groups is 4. The Bertz CT molecular complexity index is 1210. The lowest BCUT2D eigenvalue weighted by atomic mass is 10.0. The maximum absolute atomic E-state index is 12.9. The first-order chi connectivity index (χ1) is 17.3. The largest absolute Gasteiger partial charge is 0.477 e. The molecule has 1 unspecified atom stereocenters. The maximum Gasteiger partial charge on any atom is 0.352 e. The summed E-state index contributed by atoms with van der Waals surface area (Å²) < 4.78 is 3.81. The van der Waals surface area contributed by atoms with E-state index in [9.17, 15) is 29.2 Å². The zero-order valence-electron chi connectivity index (χ0n) is 18.7. The van der Waals surface area contributed by atoms with Crippen molar-refractivity contribution in [3.8, 4) is 0 Å². The molecule has 0 bridgehead atoms. The van der Waals surface area contributed by atoms with Crippen molar-refractivity contribution in [2.24, 2.45) is 5.18 Å². The number of fused-ring (bicyclic) bond motifs is 1. The highest BCUT2D eigenvalue weighted by Gasteiger charge is 2.54. The number of amides is 3. The minimum absolute atomic E-state index is 0.0573. The predicted molar refractivity (Wildman–Crippen MR) is 128 cm³/mol. The van der Waals surface area contributed by atoms with Crippen molar-refractivity contribution in [1.29, 1.82) is 0 Å². The zero-order chi connectivity index (χ0) is 25.6. The summed E-state index contributed by atoms with van der Waals surface area (Å²) in [6.07, 6.45) is 2.96. The number of nitrogens with two attached hydrogens (primary N) is 1. The van der Waals surface area contributed by atoms with Gasteiger partial charge >= 0.3 is 5.97 Å². The number of hydrogen-bond donors (Lipinski definition) is 4. The van der Waals surface area contributed by atoms with Crippen molar-refractivity contribution in [2.45, 2.75) is 36.3 Å². The molecule has 5 N–H and O–H groups in total. The Morgan fingerprint density at radius 1 is 1.36 bits per heavy atom. The standard InChI is InChI=1S/C20H22N8O6S2/c21-20-24-14(26-36-20)11(25-34)15(29)23-12-17(31)28-13(19(32)33)9(7-35-18(12)28)5-8-2-4-27(16(8)30)10-1-3-22-6-10/h5,10-12,18,22H,1-4,6-7H2,(H,23,29)(H,32,33)(H2,21,24,26)/b8-5+/t10-,11?,12-,18-/m1/s1. The highest BCUT2D eigenvalue weighted by Crippen LogP contribution is 2.41. The Morgan fingerprint density at radius 2 is 2.17 bits per heavy atom. The van der Waals surface area contributed by atoms with Gasteiger partial charge in [-0.15, -0.1) is 16.7 Å². The first-order valence-corrected chi connectivity index (χ1v) is 13.0. The molecule has 0 aromatic carbocycles. The molecule has 4 aliphatic heterocycles. The van der Waals surface area contributed by atoms with Gasteiger partial charge in [-0.05, 0) is 36.2 Å². The molecular formula is C20H22N8O6S2. The van der Waals surface area contributed by atoms with E-state index in [-0.39, 0.29) is 34.4 Å². The Kier molecular flexibility index (Phi) is 6.48. The van der Waals surface area contributed by atoms with Gasteiger partial charge in [0.2, 0.25) is 11.9 Å². The van der Waals surface area contributed by atoms with Crippen LogP contribution in [0.2, 0.25) is 0 Å². The second-order valence-electron chi connectivity index (χ2n) is 8.64. The summed E-state index contributed by atoms with van der Waals surface area (Å²) in [6, 6.07) is -2.51. The van der Waals surface area contributed by atoms with E-state index in [0.717, 1.165) is 35.9 Å². The van der Waals surface area contributed by atoms with E-state index in [2.05, 4.69) is 25.2 Å². The molecule has 3 saturated heterocycles. The molecule has 16 heteroatoms. The lowest BCUT2D eigenvalue weighted by molar-refractivity contribution is -0.150. The summed E-state index contributed by atoms with van der Waals surface area (Å²) in [5.41, 5.74) is 6.17. The van der Waals surface area contributed by atoms with Crippen LogP contribution >= 0.6 is 23.3 Å². The van der Waals surface area contributed by atoms with E-state index in [4.69, 9.17) is 5.73 Å². The number of anilines is 1. The SMILES string of the molecule is Nc1nc(C(N=O)C(=O)N[C@@H]2C(=O)N3C(C(=O)O)=C(/C=C4\CCN([C@@H]5CCNC5)C4=O)CS[C@H]23)ns1. The van der Waals surface area contributed by atoms with Gasteiger partial charge in [0.15, 0.2) is 11.0 Å². The number of nitrogen functional groups attached to an aromatic ring is 1. The van der Waals surface area contributed by atoms with Crippen LogP contribution in [-0.4, -0.2) is 90.8 Å². The minimum atomic E-state index is -1.59. The number of carboxylic acid groups (broad SMARTS) is 1. The molecule has 5 heterocycles. The van der Waals surface area contributed by atoms with Gasteiger partial charge in [-0.1, -0.05) is 0 Å². The number of aliphatic carboxylic acids is 1. The third kappa shape index (κ3) is 4.14. The van der Waals surface area contributed by atoms with Crippen molar-refractivity contribution >= 4 is 52.1 Å². The molecule has 5 rings (SSSR count). The number of β-lactam (4-membered cyclic amide) rings is 1. The number of nitrogens with zero attached hydrogens (tertiary/aromatic N) is 5. The number of rotatable bonds is 7. The van der Waals surface area contributed by atoms with Gasteiger partial charge in [0.25, 0.3) is 11.8 Å². The predicted octanol–water partition coefficient (Wildman–Crippen LogP) is -0.813. The fraction of sp³-hybridized carbons (Fsp3) is 0.500. The fourth-order valence-electron chi connectivity index (χ4n) is 4.79. The lowest BCUT2D eigenvalue weighted by Crippen LogP contribution is -2.70. The van der Waals surface area contributed by atoms with Crippen LogP contribution in [0, 0.1) is 4.91 Å². The van der Waals surface area contributed by atoms with Crippen LogP contribution in [-0.2, 0) is 19.2 Å². The van der Waals surface area contributed by atoms with Crippen LogP contribution in [0.1, 0.15) is 24.7 Å². The van der Waals surface area contributed by atoms with Crippen LogP contribution in [0.25, 0.3) is 0 Å². The van der Waals surface area contributed by atoms with E-state index >= 15 is 0 Å². The smallest absolute Gasteiger partial charge is 0.352 e. The molecule has 1 aromatic heterocycles. The van der Waals surface area contributed by atoms with E-state index in [0.29, 0.717) is 24.1 Å².